The number of nitrogens with one attached hydrogen (secondary N) is 2. The van der Waals surface area contributed by atoms with E-state index >= 15 is 0 Å². The molecule has 1 amide bonds. The molecular weight excluding hydrogens is 354 g/mol. The van der Waals surface area contributed by atoms with Crippen LogP contribution in [0.2, 0.25) is 0 Å². The average Bonchev–Trinajstić information content (AvgIpc) is 3.03. The van der Waals surface area contributed by atoms with Crippen LogP contribution < -0.4 is 5.32 Å². The molecule has 0 spiro atoms. The molecular formula is C18H20BrN3O. The molecule has 1 aromatic carbocycles. The van der Waals surface area contributed by atoms with E-state index < -0.39 is 0 Å². The van der Waals surface area contributed by atoms with E-state index in [2.05, 4.69) is 57.2 Å². The number of amides is 1. The number of benzene rings is 1. The van der Waals surface area contributed by atoms with Gasteiger partial charge in [-0.2, -0.15) is 0 Å². The fraction of sp³-hybridized carbons (Fsp3) is 0.333. The Hall–Kier alpha value is -1.88. The van der Waals surface area contributed by atoms with Crippen molar-refractivity contribution < 1.29 is 4.79 Å². The van der Waals surface area contributed by atoms with Gasteiger partial charge >= 0.3 is 0 Å². The number of carbonyl (C=O) groups excluding carboxylic acids is 1. The number of imidazole rings is 1. The Bertz CT molecular complexity index is 748. The molecule has 0 bridgehead atoms. The third kappa shape index (κ3) is 3.72. The van der Waals surface area contributed by atoms with E-state index in [1.807, 2.05) is 12.1 Å². The Morgan fingerprint density at radius 3 is 2.87 bits per heavy atom. The van der Waals surface area contributed by atoms with Crippen LogP contribution in [-0.2, 0) is 0 Å². The van der Waals surface area contributed by atoms with Crippen molar-refractivity contribution in [3.05, 3.63) is 52.5 Å². The van der Waals surface area contributed by atoms with Gasteiger partial charge < -0.3 is 10.3 Å². The zero-order valence-electron chi connectivity index (χ0n) is 13.3. The highest BCUT2D eigenvalue weighted by Crippen LogP contribution is 2.40. The Kier molecular flexibility index (Phi) is 4.39. The molecule has 0 saturated carbocycles. The van der Waals surface area contributed by atoms with Crippen LogP contribution in [0.5, 0.6) is 0 Å². The van der Waals surface area contributed by atoms with Crippen LogP contribution in [0, 0.1) is 5.41 Å². The number of allylic oxidation sites excluding steroid dienone is 2. The fourth-order valence-electron chi connectivity index (χ4n) is 2.78. The van der Waals surface area contributed by atoms with Crippen molar-refractivity contribution >= 4 is 33.1 Å². The normalized spacial score (nSPS) is 16.7. The summed E-state index contributed by atoms with van der Waals surface area (Å²) < 4.78 is 1.01. The lowest BCUT2D eigenvalue weighted by molar-refractivity contribution is 0.101. The highest BCUT2D eigenvalue weighted by molar-refractivity contribution is 9.10. The molecule has 5 heteroatoms. The van der Waals surface area contributed by atoms with Crippen molar-refractivity contribution in [1.82, 2.24) is 9.97 Å². The summed E-state index contributed by atoms with van der Waals surface area (Å²) in [6.07, 6.45) is 8.74. The van der Waals surface area contributed by atoms with Crippen molar-refractivity contribution in [2.75, 3.05) is 5.32 Å². The first kappa shape index (κ1) is 16.0. The van der Waals surface area contributed by atoms with E-state index in [0.717, 1.165) is 35.0 Å². The van der Waals surface area contributed by atoms with E-state index in [0.29, 0.717) is 11.2 Å². The van der Waals surface area contributed by atoms with Gasteiger partial charge in [0.2, 0.25) is 0 Å². The van der Waals surface area contributed by atoms with Crippen molar-refractivity contribution in [2.45, 2.75) is 33.1 Å². The molecule has 4 nitrogen and oxygen atoms in total. The van der Waals surface area contributed by atoms with Gasteiger partial charge in [0.05, 0.1) is 0 Å². The molecule has 0 unspecified atom stereocenters. The number of hydrogen-bond donors (Lipinski definition) is 2. The number of anilines is 1. The minimum Gasteiger partial charge on any atom is -0.341 e. The Balaban J connectivity index is 1.90. The second kappa shape index (κ2) is 6.32. The van der Waals surface area contributed by atoms with Gasteiger partial charge in [-0.15, -0.1) is 0 Å². The number of aromatic amines is 1. The second-order valence-electron chi connectivity index (χ2n) is 6.68. The predicted octanol–water partition coefficient (Wildman–Crippen LogP) is 5.02. The van der Waals surface area contributed by atoms with Gasteiger partial charge in [0, 0.05) is 28.1 Å². The maximum Gasteiger partial charge on any atom is 0.291 e. The van der Waals surface area contributed by atoms with Crippen molar-refractivity contribution in [3.63, 3.8) is 0 Å². The van der Waals surface area contributed by atoms with Crippen LogP contribution in [0.3, 0.4) is 0 Å². The molecule has 0 aliphatic heterocycles. The van der Waals surface area contributed by atoms with Gasteiger partial charge in [-0.05, 0) is 48.4 Å². The highest BCUT2D eigenvalue weighted by Gasteiger charge is 2.23. The number of aromatic nitrogens is 2. The number of nitrogens with zero attached hydrogens (tertiary/aromatic N) is 1. The zero-order chi connectivity index (χ0) is 16.4. The van der Waals surface area contributed by atoms with Gasteiger partial charge in [-0.3, -0.25) is 4.79 Å². The number of hydrogen-bond acceptors (Lipinski definition) is 2. The summed E-state index contributed by atoms with van der Waals surface area (Å²) in [5.74, 6) is 0.0907. The Morgan fingerprint density at radius 2 is 2.22 bits per heavy atom. The third-order valence-corrected chi connectivity index (χ3v) is 4.75. The SMILES string of the molecule is CC1(C)CC=C(c2cc(Br)ccc2NC(=O)c2ncc[nH]2)CC1. The van der Waals surface area contributed by atoms with Crippen molar-refractivity contribution in [1.29, 1.82) is 0 Å². The molecule has 0 atom stereocenters. The van der Waals surface area contributed by atoms with Crippen LogP contribution in [0.15, 0.2) is 41.1 Å². The average molecular weight is 374 g/mol. The summed E-state index contributed by atoms with van der Waals surface area (Å²) in [5, 5.41) is 2.96. The van der Waals surface area contributed by atoms with Crippen molar-refractivity contribution in [2.24, 2.45) is 5.41 Å². The zero-order valence-corrected chi connectivity index (χ0v) is 14.9. The van der Waals surface area contributed by atoms with E-state index in [1.54, 1.807) is 12.4 Å². The van der Waals surface area contributed by atoms with Gasteiger partial charge in [-0.1, -0.05) is 35.9 Å². The molecule has 2 aromatic rings. The highest BCUT2D eigenvalue weighted by atomic mass is 79.9. The summed E-state index contributed by atoms with van der Waals surface area (Å²) >= 11 is 3.53. The lowest BCUT2D eigenvalue weighted by Crippen LogP contribution is -2.17. The molecule has 1 aliphatic carbocycles. The molecule has 1 aliphatic rings. The largest absolute Gasteiger partial charge is 0.341 e. The summed E-state index contributed by atoms with van der Waals surface area (Å²) in [7, 11) is 0. The Morgan fingerprint density at radius 1 is 1.39 bits per heavy atom. The molecule has 120 valence electrons. The van der Waals surface area contributed by atoms with E-state index in [-0.39, 0.29) is 5.91 Å². The van der Waals surface area contributed by atoms with E-state index in [1.165, 1.54) is 5.57 Å². The number of carbonyl (C=O) groups is 1. The first-order valence-electron chi connectivity index (χ1n) is 7.74. The fourth-order valence-corrected chi connectivity index (χ4v) is 3.14. The van der Waals surface area contributed by atoms with Gasteiger partial charge in [0.1, 0.15) is 0 Å². The first-order valence-corrected chi connectivity index (χ1v) is 8.54. The quantitative estimate of drug-likeness (QED) is 0.793. The Labute approximate surface area is 144 Å². The summed E-state index contributed by atoms with van der Waals surface area (Å²) in [6.45, 7) is 4.58. The summed E-state index contributed by atoms with van der Waals surface area (Å²) in [6, 6.07) is 5.94. The minimum absolute atomic E-state index is 0.227. The maximum absolute atomic E-state index is 12.3. The second-order valence-corrected chi connectivity index (χ2v) is 7.60. The molecule has 23 heavy (non-hydrogen) atoms. The molecule has 3 rings (SSSR count). The standard InChI is InChI=1S/C18H20BrN3O/c1-18(2)7-5-12(6-8-18)14-11-13(19)3-4-15(14)22-17(23)16-20-9-10-21-16/h3-5,9-11H,6-8H2,1-2H3,(H,20,21)(H,22,23). The molecule has 1 heterocycles. The van der Waals surface area contributed by atoms with E-state index in [9.17, 15) is 4.79 Å². The van der Waals surface area contributed by atoms with Crippen LogP contribution in [-0.4, -0.2) is 15.9 Å². The summed E-state index contributed by atoms with van der Waals surface area (Å²) in [4.78, 5) is 19.1. The van der Waals surface area contributed by atoms with Crippen molar-refractivity contribution in [3.8, 4) is 0 Å². The lowest BCUT2D eigenvalue weighted by atomic mass is 9.77. The monoisotopic (exact) mass is 373 g/mol. The molecule has 0 saturated heterocycles. The molecule has 2 N–H and O–H groups in total. The number of rotatable bonds is 3. The summed E-state index contributed by atoms with van der Waals surface area (Å²) in [5.41, 5.74) is 3.54. The van der Waals surface area contributed by atoms with Crippen LogP contribution in [0.4, 0.5) is 5.69 Å². The third-order valence-electron chi connectivity index (χ3n) is 4.26. The van der Waals surface area contributed by atoms with Crippen LogP contribution >= 0.6 is 15.9 Å². The first-order chi connectivity index (χ1) is 10.9. The number of H-pyrrole nitrogens is 1. The topological polar surface area (TPSA) is 57.8 Å². The van der Waals surface area contributed by atoms with Gasteiger partial charge in [0.25, 0.3) is 5.91 Å². The van der Waals surface area contributed by atoms with E-state index in [4.69, 9.17) is 0 Å². The van der Waals surface area contributed by atoms with Gasteiger partial charge in [-0.25, -0.2) is 4.98 Å². The lowest BCUT2D eigenvalue weighted by Gasteiger charge is -2.29. The minimum atomic E-state index is -0.227. The molecule has 0 radical (unpaired) electrons. The maximum atomic E-state index is 12.3. The molecule has 1 aromatic heterocycles. The predicted molar refractivity (Wildman–Crippen MR) is 96.3 cm³/mol. The van der Waals surface area contributed by atoms with Crippen LogP contribution in [0.25, 0.3) is 5.57 Å². The number of halogens is 1. The van der Waals surface area contributed by atoms with Crippen LogP contribution in [0.1, 0.15) is 49.3 Å². The molecule has 0 fully saturated rings. The van der Waals surface area contributed by atoms with Gasteiger partial charge in [0.15, 0.2) is 5.82 Å². The smallest absolute Gasteiger partial charge is 0.291 e.